The molecular formula is C13H24N2O3. The van der Waals surface area contributed by atoms with E-state index >= 15 is 0 Å². The first-order valence-electron chi connectivity index (χ1n) is 6.74. The lowest BCUT2D eigenvalue weighted by Gasteiger charge is -2.34. The number of nitrogens with one attached hydrogen (secondary N) is 2. The van der Waals surface area contributed by atoms with Gasteiger partial charge in [0.15, 0.2) is 0 Å². The summed E-state index contributed by atoms with van der Waals surface area (Å²) in [7, 11) is 0. The van der Waals surface area contributed by atoms with Gasteiger partial charge >= 0.3 is 12.0 Å². The quantitative estimate of drug-likeness (QED) is 0.702. The highest BCUT2D eigenvalue weighted by molar-refractivity contribution is 5.74. The van der Waals surface area contributed by atoms with E-state index in [2.05, 4.69) is 24.5 Å². The standard InChI is InChI=1S/C13H24N2O3/c1-9-4-3-5-11(10(9)2)8-15-13(18)14-7-6-12(16)17/h9-11H,3-8H2,1-2H3,(H,16,17)(H2,14,15,18). The number of carbonyl (C=O) groups excluding carboxylic acids is 1. The third-order valence-corrected chi connectivity index (χ3v) is 4.02. The topological polar surface area (TPSA) is 78.4 Å². The fourth-order valence-corrected chi connectivity index (χ4v) is 2.55. The van der Waals surface area contributed by atoms with E-state index in [-0.39, 0.29) is 19.0 Å². The van der Waals surface area contributed by atoms with Gasteiger partial charge < -0.3 is 15.7 Å². The van der Waals surface area contributed by atoms with Crippen molar-refractivity contribution in [1.82, 2.24) is 10.6 Å². The van der Waals surface area contributed by atoms with Gasteiger partial charge in [0.25, 0.3) is 0 Å². The lowest BCUT2D eigenvalue weighted by molar-refractivity contribution is -0.136. The normalized spacial score (nSPS) is 27.6. The zero-order chi connectivity index (χ0) is 13.5. The summed E-state index contributed by atoms with van der Waals surface area (Å²) in [5, 5.41) is 13.8. The lowest BCUT2D eigenvalue weighted by Crippen LogP contribution is -2.41. The predicted molar refractivity (Wildman–Crippen MR) is 69.3 cm³/mol. The highest BCUT2D eigenvalue weighted by atomic mass is 16.4. The molecule has 1 fully saturated rings. The minimum absolute atomic E-state index is 0.0374. The summed E-state index contributed by atoms with van der Waals surface area (Å²) in [6.07, 6.45) is 3.64. The molecule has 0 radical (unpaired) electrons. The molecule has 0 saturated heterocycles. The average molecular weight is 256 g/mol. The molecule has 3 unspecified atom stereocenters. The van der Waals surface area contributed by atoms with Crippen LogP contribution in [0.1, 0.15) is 39.5 Å². The summed E-state index contributed by atoms with van der Waals surface area (Å²) < 4.78 is 0. The van der Waals surface area contributed by atoms with Crippen LogP contribution in [0.15, 0.2) is 0 Å². The van der Waals surface area contributed by atoms with Gasteiger partial charge in [-0.2, -0.15) is 0 Å². The van der Waals surface area contributed by atoms with Gasteiger partial charge in [-0.15, -0.1) is 0 Å². The van der Waals surface area contributed by atoms with Gasteiger partial charge in [-0.25, -0.2) is 4.79 Å². The predicted octanol–water partition coefficient (Wildman–Crippen LogP) is 1.83. The van der Waals surface area contributed by atoms with Crippen molar-refractivity contribution in [1.29, 1.82) is 0 Å². The number of rotatable bonds is 5. The van der Waals surface area contributed by atoms with Crippen molar-refractivity contribution in [3.63, 3.8) is 0 Å². The van der Waals surface area contributed by atoms with Crippen molar-refractivity contribution in [2.45, 2.75) is 39.5 Å². The fourth-order valence-electron chi connectivity index (χ4n) is 2.55. The molecule has 0 spiro atoms. The molecule has 0 bridgehead atoms. The van der Waals surface area contributed by atoms with Crippen LogP contribution in [0.4, 0.5) is 4.79 Å². The largest absolute Gasteiger partial charge is 0.481 e. The molecule has 1 aliphatic rings. The molecule has 5 heteroatoms. The van der Waals surface area contributed by atoms with Crippen molar-refractivity contribution < 1.29 is 14.7 Å². The number of amides is 2. The molecule has 0 aliphatic heterocycles. The highest BCUT2D eigenvalue weighted by Crippen LogP contribution is 2.33. The first kappa shape index (κ1) is 14.8. The number of aliphatic carboxylic acids is 1. The Kier molecular flexibility index (Phi) is 5.95. The van der Waals surface area contributed by atoms with Crippen LogP contribution in [0.2, 0.25) is 0 Å². The Morgan fingerprint density at radius 1 is 1.22 bits per heavy atom. The van der Waals surface area contributed by atoms with Crippen molar-refractivity contribution in [2.24, 2.45) is 17.8 Å². The van der Waals surface area contributed by atoms with E-state index in [0.717, 1.165) is 5.92 Å². The summed E-state index contributed by atoms with van der Waals surface area (Å²) in [5.74, 6) is 1.00. The Labute approximate surface area is 108 Å². The molecule has 1 aliphatic carbocycles. The van der Waals surface area contributed by atoms with Crippen molar-refractivity contribution in [3.05, 3.63) is 0 Å². The van der Waals surface area contributed by atoms with Crippen LogP contribution in [0.25, 0.3) is 0 Å². The second kappa shape index (κ2) is 7.24. The third kappa shape index (κ3) is 4.94. The molecule has 1 rings (SSSR count). The molecule has 0 aromatic rings. The minimum Gasteiger partial charge on any atom is -0.481 e. The van der Waals surface area contributed by atoms with Gasteiger partial charge in [0, 0.05) is 13.1 Å². The van der Waals surface area contributed by atoms with E-state index in [0.29, 0.717) is 18.4 Å². The van der Waals surface area contributed by atoms with Gasteiger partial charge in [-0.05, 0) is 24.2 Å². The summed E-state index contributed by atoms with van der Waals surface area (Å²) >= 11 is 0. The SMILES string of the molecule is CC1CCCC(CNC(=O)NCCC(=O)O)C1C. The number of urea groups is 1. The Balaban J connectivity index is 2.19. The van der Waals surface area contributed by atoms with Gasteiger partial charge in [0.2, 0.25) is 0 Å². The second-order valence-electron chi connectivity index (χ2n) is 5.31. The van der Waals surface area contributed by atoms with Crippen LogP contribution in [0, 0.1) is 17.8 Å². The molecule has 0 aromatic carbocycles. The maximum atomic E-state index is 11.4. The van der Waals surface area contributed by atoms with E-state index in [4.69, 9.17) is 5.11 Å². The zero-order valence-electron chi connectivity index (χ0n) is 11.2. The van der Waals surface area contributed by atoms with Crippen LogP contribution >= 0.6 is 0 Å². The van der Waals surface area contributed by atoms with Crippen molar-refractivity contribution >= 4 is 12.0 Å². The molecule has 0 heterocycles. The van der Waals surface area contributed by atoms with Gasteiger partial charge in [0.1, 0.15) is 0 Å². The minimum atomic E-state index is -0.898. The number of hydrogen-bond acceptors (Lipinski definition) is 2. The summed E-state index contributed by atoms with van der Waals surface area (Å²) in [4.78, 5) is 21.7. The van der Waals surface area contributed by atoms with Crippen LogP contribution in [-0.4, -0.2) is 30.2 Å². The average Bonchev–Trinajstić information content (AvgIpc) is 2.30. The van der Waals surface area contributed by atoms with Gasteiger partial charge in [0.05, 0.1) is 6.42 Å². The highest BCUT2D eigenvalue weighted by Gasteiger charge is 2.26. The van der Waals surface area contributed by atoms with Crippen molar-refractivity contribution in [3.8, 4) is 0 Å². The molecule has 5 nitrogen and oxygen atoms in total. The maximum absolute atomic E-state index is 11.4. The first-order valence-corrected chi connectivity index (χ1v) is 6.74. The second-order valence-corrected chi connectivity index (χ2v) is 5.31. The summed E-state index contributed by atoms with van der Waals surface area (Å²) in [6.45, 7) is 5.38. The summed E-state index contributed by atoms with van der Waals surface area (Å²) in [6, 6.07) is -0.262. The monoisotopic (exact) mass is 256 g/mol. The molecule has 18 heavy (non-hydrogen) atoms. The Hall–Kier alpha value is -1.26. The van der Waals surface area contributed by atoms with Crippen LogP contribution in [-0.2, 0) is 4.79 Å². The molecule has 3 N–H and O–H groups in total. The number of hydrogen-bond donors (Lipinski definition) is 3. The number of carboxylic acid groups (broad SMARTS) is 1. The molecule has 104 valence electrons. The van der Waals surface area contributed by atoms with Gasteiger partial charge in [-0.1, -0.05) is 26.7 Å². The molecule has 3 atom stereocenters. The lowest BCUT2D eigenvalue weighted by atomic mass is 9.74. The van der Waals surface area contributed by atoms with E-state index in [1.165, 1.54) is 19.3 Å². The molecule has 1 saturated carbocycles. The molecular weight excluding hydrogens is 232 g/mol. The molecule has 2 amide bonds. The van der Waals surface area contributed by atoms with Crippen LogP contribution in [0.3, 0.4) is 0 Å². The van der Waals surface area contributed by atoms with E-state index in [9.17, 15) is 9.59 Å². The Morgan fingerprint density at radius 2 is 1.94 bits per heavy atom. The number of carbonyl (C=O) groups is 2. The van der Waals surface area contributed by atoms with Crippen molar-refractivity contribution in [2.75, 3.05) is 13.1 Å². The van der Waals surface area contributed by atoms with Crippen LogP contribution < -0.4 is 10.6 Å². The zero-order valence-corrected chi connectivity index (χ0v) is 11.2. The van der Waals surface area contributed by atoms with E-state index in [1.807, 2.05) is 0 Å². The van der Waals surface area contributed by atoms with E-state index in [1.54, 1.807) is 0 Å². The van der Waals surface area contributed by atoms with E-state index < -0.39 is 5.97 Å². The molecule has 0 aromatic heterocycles. The number of carboxylic acids is 1. The third-order valence-electron chi connectivity index (χ3n) is 4.02. The maximum Gasteiger partial charge on any atom is 0.314 e. The Morgan fingerprint density at radius 3 is 2.61 bits per heavy atom. The van der Waals surface area contributed by atoms with Crippen LogP contribution in [0.5, 0.6) is 0 Å². The van der Waals surface area contributed by atoms with Gasteiger partial charge in [-0.3, -0.25) is 4.79 Å². The fraction of sp³-hybridized carbons (Fsp3) is 0.846. The summed E-state index contributed by atoms with van der Waals surface area (Å²) in [5.41, 5.74) is 0. The smallest absolute Gasteiger partial charge is 0.314 e. The first-order chi connectivity index (χ1) is 8.50. The Bertz CT molecular complexity index is 294.